The van der Waals surface area contributed by atoms with Gasteiger partial charge in [-0.05, 0) is 78.2 Å². The maximum atomic E-state index is 10.2. The summed E-state index contributed by atoms with van der Waals surface area (Å²) in [4.78, 5) is 4.15. The molecule has 0 bridgehead atoms. The lowest BCUT2D eigenvalue weighted by atomic mass is 9.97. The van der Waals surface area contributed by atoms with Crippen molar-refractivity contribution in [3.05, 3.63) is 139 Å². The van der Waals surface area contributed by atoms with Crippen LogP contribution in [0.3, 0.4) is 0 Å². The Bertz CT molecular complexity index is 2280. The molecule has 0 aliphatic rings. The van der Waals surface area contributed by atoms with Gasteiger partial charge >= 0.3 is 0 Å². The first-order valence-corrected chi connectivity index (χ1v) is 13.7. The molecule has 3 aromatic heterocycles. The molecule has 4 nitrogen and oxygen atoms in total. The van der Waals surface area contributed by atoms with Crippen LogP contribution in [0.25, 0.3) is 66.1 Å². The third kappa shape index (κ3) is 3.43. The number of hydrogen-bond donors (Lipinski definition) is 0. The average Bonchev–Trinajstić information content (AvgIpc) is 3.54. The molecule has 0 unspecified atom stereocenters. The Hall–Kier alpha value is -5.66. The van der Waals surface area contributed by atoms with E-state index in [1.54, 1.807) is 12.4 Å². The minimum atomic E-state index is 0.640. The number of aryl methyl sites for hydroxylation is 1. The van der Waals surface area contributed by atoms with Gasteiger partial charge in [-0.2, -0.15) is 5.26 Å². The number of rotatable bonds is 3. The molecule has 8 rings (SSSR count). The summed E-state index contributed by atoms with van der Waals surface area (Å²) in [5, 5.41) is 15.1. The normalized spacial score (nSPS) is 11.5. The van der Waals surface area contributed by atoms with E-state index in [2.05, 4.69) is 124 Å². The summed E-state index contributed by atoms with van der Waals surface area (Å²) < 4.78 is 4.67. The van der Waals surface area contributed by atoms with Crippen LogP contribution in [0.2, 0.25) is 0 Å². The first-order valence-electron chi connectivity index (χ1n) is 13.7. The Morgan fingerprint density at radius 2 is 1.15 bits per heavy atom. The number of fused-ring (bicyclic) bond motifs is 6. The fraction of sp³-hybridized carbons (Fsp3) is 0.0270. The van der Waals surface area contributed by atoms with Crippen molar-refractivity contribution in [2.24, 2.45) is 0 Å². The van der Waals surface area contributed by atoms with Gasteiger partial charge in [-0.3, -0.25) is 4.98 Å². The number of pyridine rings is 1. The van der Waals surface area contributed by atoms with E-state index in [9.17, 15) is 5.26 Å². The number of hydrogen-bond acceptors (Lipinski definition) is 2. The van der Waals surface area contributed by atoms with E-state index in [0.29, 0.717) is 5.56 Å². The second kappa shape index (κ2) is 8.94. The second-order valence-electron chi connectivity index (χ2n) is 10.5. The van der Waals surface area contributed by atoms with Gasteiger partial charge in [-0.25, -0.2) is 0 Å². The summed E-state index contributed by atoms with van der Waals surface area (Å²) in [5.74, 6) is 0. The highest BCUT2D eigenvalue weighted by atomic mass is 15.0. The summed E-state index contributed by atoms with van der Waals surface area (Å²) in [7, 11) is 0. The third-order valence-corrected chi connectivity index (χ3v) is 8.18. The maximum Gasteiger partial charge on any atom is 0.0998 e. The molecule has 8 aromatic rings. The Morgan fingerprint density at radius 1 is 0.585 bits per heavy atom. The van der Waals surface area contributed by atoms with E-state index in [4.69, 9.17) is 0 Å². The highest BCUT2D eigenvalue weighted by Gasteiger charge is 2.18. The third-order valence-electron chi connectivity index (χ3n) is 8.18. The molecule has 0 saturated heterocycles. The largest absolute Gasteiger partial charge is 0.309 e. The molecule has 0 N–H and O–H groups in total. The molecule has 0 aliphatic heterocycles. The fourth-order valence-corrected chi connectivity index (χ4v) is 6.36. The summed E-state index contributed by atoms with van der Waals surface area (Å²) in [6.45, 7) is 2.12. The zero-order valence-corrected chi connectivity index (χ0v) is 22.4. The zero-order valence-electron chi connectivity index (χ0n) is 22.4. The molecular formula is C37H24N4. The van der Waals surface area contributed by atoms with Crippen molar-refractivity contribution in [1.82, 2.24) is 14.1 Å². The van der Waals surface area contributed by atoms with E-state index < -0.39 is 0 Å². The molecule has 0 saturated carbocycles. The Morgan fingerprint density at radius 3 is 1.76 bits per heavy atom. The van der Waals surface area contributed by atoms with E-state index >= 15 is 0 Å². The number of nitriles is 1. The highest BCUT2D eigenvalue weighted by Crippen LogP contribution is 2.38. The van der Waals surface area contributed by atoms with Gasteiger partial charge in [0.1, 0.15) is 0 Å². The lowest BCUT2D eigenvalue weighted by Gasteiger charge is -2.15. The first-order chi connectivity index (χ1) is 20.2. The molecule has 3 heterocycles. The topological polar surface area (TPSA) is 46.5 Å². The summed E-state index contributed by atoms with van der Waals surface area (Å²) in [6, 6.07) is 43.0. The van der Waals surface area contributed by atoms with Gasteiger partial charge in [0.25, 0.3) is 0 Å². The fourth-order valence-electron chi connectivity index (χ4n) is 6.36. The van der Waals surface area contributed by atoms with Gasteiger partial charge in [-0.15, -0.1) is 0 Å². The van der Waals surface area contributed by atoms with Crippen LogP contribution in [0.5, 0.6) is 0 Å². The molecule has 0 radical (unpaired) electrons. The van der Waals surface area contributed by atoms with Crippen LogP contribution in [-0.4, -0.2) is 14.1 Å². The van der Waals surface area contributed by atoms with Crippen LogP contribution < -0.4 is 0 Å². The lowest BCUT2D eigenvalue weighted by molar-refractivity contribution is 1.13. The predicted octanol–water partition coefficient (Wildman–Crippen LogP) is 9.12. The van der Waals surface area contributed by atoms with E-state index in [1.807, 2.05) is 18.2 Å². The monoisotopic (exact) mass is 524 g/mol. The Balaban J connectivity index is 1.44. The summed E-state index contributed by atoms with van der Waals surface area (Å²) in [6.07, 6.45) is 3.53. The van der Waals surface area contributed by atoms with Gasteiger partial charge in [0, 0.05) is 39.6 Å². The SMILES string of the molecule is Cc1cc(-c2ccncc2)c(C#N)cc1-n1c2ccccc2c2ccc(-n3c4ccccc4c4ccccc43)cc21. The van der Waals surface area contributed by atoms with Gasteiger partial charge in [-0.1, -0.05) is 60.7 Å². The van der Waals surface area contributed by atoms with Crippen molar-refractivity contribution in [1.29, 1.82) is 5.26 Å². The van der Waals surface area contributed by atoms with Crippen molar-refractivity contribution in [2.45, 2.75) is 6.92 Å². The quantitative estimate of drug-likeness (QED) is 0.231. The number of nitrogens with zero attached hydrogens (tertiary/aromatic N) is 4. The van der Waals surface area contributed by atoms with Crippen LogP contribution >= 0.6 is 0 Å². The molecule has 4 heteroatoms. The molecule has 0 aliphatic carbocycles. The summed E-state index contributed by atoms with van der Waals surface area (Å²) >= 11 is 0. The Labute approximate surface area is 237 Å². The zero-order chi connectivity index (χ0) is 27.5. The minimum absolute atomic E-state index is 0.640. The molecule has 0 spiro atoms. The van der Waals surface area contributed by atoms with Gasteiger partial charge in [0.2, 0.25) is 0 Å². The molecule has 5 aromatic carbocycles. The standard InChI is InChI=1S/C37H24N4/c1-24-20-32(25-16-18-39-19-17-25)26(23-38)21-36(24)41-35-13-7-4-10-30(35)31-15-14-27(22-37(31)41)40-33-11-5-2-8-28(33)29-9-3-6-12-34(29)40/h2-22H,1H3. The average molecular weight is 525 g/mol. The molecule has 0 fully saturated rings. The molecule has 41 heavy (non-hydrogen) atoms. The van der Waals surface area contributed by atoms with Gasteiger partial charge in [0.15, 0.2) is 0 Å². The van der Waals surface area contributed by atoms with Crippen molar-refractivity contribution < 1.29 is 0 Å². The minimum Gasteiger partial charge on any atom is -0.309 e. The lowest BCUT2D eigenvalue weighted by Crippen LogP contribution is -2.00. The molecule has 0 atom stereocenters. The van der Waals surface area contributed by atoms with Crippen LogP contribution in [-0.2, 0) is 0 Å². The van der Waals surface area contributed by atoms with E-state index in [-0.39, 0.29) is 0 Å². The molecule has 0 amide bonds. The van der Waals surface area contributed by atoms with E-state index in [0.717, 1.165) is 39.1 Å². The van der Waals surface area contributed by atoms with Crippen LogP contribution in [0.1, 0.15) is 11.1 Å². The predicted molar refractivity (Wildman–Crippen MR) is 168 cm³/mol. The second-order valence-corrected chi connectivity index (χ2v) is 10.5. The smallest absolute Gasteiger partial charge is 0.0998 e. The van der Waals surface area contributed by atoms with E-state index in [1.165, 1.54) is 32.6 Å². The van der Waals surface area contributed by atoms with Crippen LogP contribution in [0.15, 0.2) is 128 Å². The number of para-hydroxylation sites is 3. The first kappa shape index (κ1) is 23.2. The van der Waals surface area contributed by atoms with Crippen molar-refractivity contribution >= 4 is 43.6 Å². The summed E-state index contributed by atoms with van der Waals surface area (Å²) in [5.41, 5.74) is 10.3. The number of benzene rings is 5. The molecule has 192 valence electrons. The maximum absolute atomic E-state index is 10.2. The van der Waals surface area contributed by atoms with Crippen LogP contribution in [0, 0.1) is 18.3 Å². The van der Waals surface area contributed by atoms with Crippen molar-refractivity contribution in [3.8, 4) is 28.6 Å². The Kier molecular flexibility index (Phi) is 5.07. The van der Waals surface area contributed by atoms with Gasteiger partial charge < -0.3 is 9.13 Å². The van der Waals surface area contributed by atoms with Crippen LogP contribution in [0.4, 0.5) is 0 Å². The van der Waals surface area contributed by atoms with Gasteiger partial charge in [0.05, 0.1) is 39.4 Å². The highest BCUT2D eigenvalue weighted by molar-refractivity contribution is 6.12. The van der Waals surface area contributed by atoms with Crippen molar-refractivity contribution in [3.63, 3.8) is 0 Å². The molecular weight excluding hydrogens is 500 g/mol. The van der Waals surface area contributed by atoms with Crippen molar-refractivity contribution in [2.75, 3.05) is 0 Å². The number of aromatic nitrogens is 3.